The Bertz CT molecular complexity index is 562. The van der Waals surface area contributed by atoms with Crippen molar-refractivity contribution in [1.29, 1.82) is 0 Å². The van der Waals surface area contributed by atoms with Gasteiger partial charge in [0.05, 0.1) is 18.2 Å². The van der Waals surface area contributed by atoms with E-state index in [9.17, 15) is 4.79 Å². The van der Waals surface area contributed by atoms with E-state index >= 15 is 0 Å². The maximum absolute atomic E-state index is 11.8. The first kappa shape index (κ1) is 13.6. The number of pyridine rings is 1. The lowest BCUT2D eigenvalue weighted by molar-refractivity contribution is -0.115. The van der Waals surface area contributed by atoms with Crippen LogP contribution in [0.4, 0.5) is 5.82 Å². The summed E-state index contributed by atoms with van der Waals surface area (Å²) in [5.74, 6) is 0.427. The van der Waals surface area contributed by atoms with Gasteiger partial charge in [-0.15, -0.1) is 11.3 Å². The third-order valence-electron chi connectivity index (χ3n) is 2.48. The predicted octanol–water partition coefficient (Wildman–Crippen LogP) is 2.05. The average Bonchev–Trinajstić information content (AvgIpc) is 2.80. The molecule has 0 aliphatic carbocycles. The fourth-order valence-electron chi connectivity index (χ4n) is 1.51. The summed E-state index contributed by atoms with van der Waals surface area (Å²) in [5.41, 5.74) is 7.53. The Kier molecular flexibility index (Phi) is 4.24. The van der Waals surface area contributed by atoms with Crippen LogP contribution in [0, 0.1) is 6.92 Å². The van der Waals surface area contributed by atoms with Crippen LogP contribution in [0.3, 0.4) is 0 Å². The van der Waals surface area contributed by atoms with Gasteiger partial charge in [0.25, 0.3) is 0 Å². The Labute approximate surface area is 115 Å². The summed E-state index contributed by atoms with van der Waals surface area (Å²) in [5, 5.41) is 5.45. The topological polar surface area (TPSA) is 80.9 Å². The van der Waals surface area contributed by atoms with Gasteiger partial charge in [-0.2, -0.15) is 0 Å². The van der Waals surface area contributed by atoms with Crippen molar-refractivity contribution in [3.05, 3.63) is 40.0 Å². The highest BCUT2D eigenvalue weighted by molar-refractivity contribution is 7.09. The number of hydrogen-bond donors (Lipinski definition) is 2. The van der Waals surface area contributed by atoms with Crippen LogP contribution in [0.5, 0.6) is 0 Å². The molecule has 0 bridgehead atoms. The molecule has 6 heteroatoms. The monoisotopic (exact) mass is 276 g/mol. The predicted molar refractivity (Wildman–Crippen MR) is 76.0 cm³/mol. The van der Waals surface area contributed by atoms with Crippen molar-refractivity contribution in [2.75, 3.05) is 5.32 Å². The van der Waals surface area contributed by atoms with Crippen molar-refractivity contribution in [3.63, 3.8) is 0 Å². The van der Waals surface area contributed by atoms with Gasteiger partial charge in [0.2, 0.25) is 5.91 Å². The van der Waals surface area contributed by atoms with Crippen molar-refractivity contribution >= 4 is 23.1 Å². The minimum atomic E-state index is -0.127. The van der Waals surface area contributed by atoms with E-state index in [1.165, 1.54) is 11.3 Å². The van der Waals surface area contributed by atoms with Gasteiger partial charge in [0.15, 0.2) is 0 Å². The molecule has 0 aliphatic heterocycles. The average molecular weight is 276 g/mol. The van der Waals surface area contributed by atoms with Crippen LogP contribution >= 0.6 is 11.3 Å². The van der Waals surface area contributed by atoms with Gasteiger partial charge >= 0.3 is 0 Å². The molecule has 0 radical (unpaired) electrons. The molecule has 2 heterocycles. The maximum atomic E-state index is 11.8. The van der Waals surface area contributed by atoms with Gasteiger partial charge in [-0.1, -0.05) is 6.07 Å². The molecule has 3 N–H and O–H groups in total. The summed E-state index contributed by atoms with van der Waals surface area (Å²) in [4.78, 5) is 20.3. The Morgan fingerprint density at radius 3 is 2.89 bits per heavy atom. The van der Waals surface area contributed by atoms with Crippen molar-refractivity contribution in [1.82, 2.24) is 9.97 Å². The number of anilines is 1. The minimum Gasteiger partial charge on any atom is -0.322 e. The highest BCUT2D eigenvalue weighted by Crippen LogP contribution is 2.16. The molecule has 0 fully saturated rings. The summed E-state index contributed by atoms with van der Waals surface area (Å²) in [7, 11) is 0. The third-order valence-corrected chi connectivity index (χ3v) is 3.57. The molecule has 1 atom stereocenters. The molecule has 100 valence electrons. The van der Waals surface area contributed by atoms with Crippen molar-refractivity contribution in [2.24, 2.45) is 5.73 Å². The van der Waals surface area contributed by atoms with Crippen LogP contribution in [-0.4, -0.2) is 15.9 Å². The number of nitrogens with zero attached hydrogens (tertiary/aromatic N) is 2. The smallest absolute Gasteiger partial charge is 0.231 e. The van der Waals surface area contributed by atoms with Crippen LogP contribution in [0.25, 0.3) is 0 Å². The molecule has 0 aromatic carbocycles. The van der Waals surface area contributed by atoms with Crippen LogP contribution in [0.15, 0.2) is 23.7 Å². The van der Waals surface area contributed by atoms with Crippen molar-refractivity contribution in [2.45, 2.75) is 26.3 Å². The molecule has 19 heavy (non-hydrogen) atoms. The molecule has 5 nitrogen and oxygen atoms in total. The molecule has 0 spiro atoms. The molecular weight excluding hydrogens is 260 g/mol. The molecule has 0 aliphatic rings. The fourth-order valence-corrected chi connectivity index (χ4v) is 2.28. The second kappa shape index (κ2) is 5.90. The summed E-state index contributed by atoms with van der Waals surface area (Å²) in [6.45, 7) is 3.82. The van der Waals surface area contributed by atoms with Crippen LogP contribution in [0.1, 0.15) is 29.2 Å². The minimum absolute atomic E-state index is 0.0967. The first-order valence-corrected chi connectivity index (χ1v) is 6.85. The summed E-state index contributed by atoms with van der Waals surface area (Å²) < 4.78 is 0. The largest absolute Gasteiger partial charge is 0.322 e. The highest BCUT2D eigenvalue weighted by Gasteiger charge is 2.10. The molecular formula is C13H16N4OS. The molecule has 2 rings (SSSR count). The SMILES string of the molecule is Cc1ccc(NC(=O)Cc2csc(C(C)N)n2)nc1. The second-order valence-electron chi connectivity index (χ2n) is 4.41. The van der Waals surface area contributed by atoms with E-state index in [0.717, 1.165) is 16.3 Å². The van der Waals surface area contributed by atoms with Gasteiger partial charge < -0.3 is 11.1 Å². The van der Waals surface area contributed by atoms with E-state index in [4.69, 9.17) is 5.73 Å². The van der Waals surface area contributed by atoms with Crippen LogP contribution in [0.2, 0.25) is 0 Å². The van der Waals surface area contributed by atoms with E-state index in [1.807, 2.05) is 25.3 Å². The number of amides is 1. The summed E-state index contributed by atoms with van der Waals surface area (Å²) in [6.07, 6.45) is 1.95. The summed E-state index contributed by atoms with van der Waals surface area (Å²) in [6, 6.07) is 3.59. The van der Waals surface area contributed by atoms with Gasteiger partial charge in [-0.3, -0.25) is 4.79 Å². The molecule has 2 aromatic rings. The zero-order chi connectivity index (χ0) is 13.8. The zero-order valence-corrected chi connectivity index (χ0v) is 11.7. The van der Waals surface area contributed by atoms with Crippen LogP contribution < -0.4 is 11.1 Å². The molecule has 2 aromatic heterocycles. The van der Waals surface area contributed by atoms with Crippen LogP contribution in [-0.2, 0) is 11.2 Å². The number of hydrogen-bond acceptors (Lipinski definition) is 5. The van der Waals surface area contributed by atoms with Gasteiger partial charge in [-0.05, 0) is 25.5 Å². The Morgan fingerprint density at radius 1 is 1.53 bits per heavy atom. The fraction of sp³-hybridized carbons (Fsp3) is 0.308. The lowest BCUT2D eigenvalue weighted by Crippen LogP contribution is -2.15. The number of carbonyl (C=O) groups is 1. The lowest BCUT2D eigenvalue weighted by atomic mass is 10.3. The number of aromatic nitrogens is 2. The number of carbonyl (C=O) groups excluding carboxylic acids is 1. The Hall–Kier alpha value is -1.79. The van der Waals surface area contributed by atoms with E-state index in [0.29, 0.717) is 5.82 Å². The number of nitrogens with two attached hydrogens (primary N) is 1. The molecule has 0 saturated heterocycles. The van der Waals surface area contributed by atoms with Crippen molar-refractivity contribution < 1.29 is 4.79 Å². The lowest BCUT2D eigenvalue weighted by Gasteiger charge is -2.03. The summed E-state index contributed by atoms with van der Waals surface area (Å²) >= 11 is 1.48. The zero-order valence-electron chi connectivity index (χ0n) is 10.9. The third kappa shape index (κ3) is 3.84. The molecule has 1 unspecified atom stereocenters. The first-order chi connectivity index (χ1) is 9.04. The van der Waals surface area contributed by atoms with Crippen molar-refractivity contribution in [3.8, 4) is 0 Å². The van der Waals surface area contributed by atoms with E-state index in [2.05, 4.69) is 15.3 Å². The first-order valence-electron chi connectivity index (χ1n) is 5.97. The molecule has 0 saturated carbocycles. The quantitative estimate of drug-likeness (QED) is 0.895. The van der Waals surface area contributed by atoms with E-state index in [1.54, 1.807) is 12.3 Å². The highest BCUT2D eigenvalue weighted by atomic mass is 32.1. The normalized spacial score (nSPS) is 12.2. The number of nitrogens with one attached hydrogen (secondary N) is 1. The molecule has 1 amide bonds. The maximum Gasteiger partial charge on any atom is 0.231 e. The Morgan fingerprint density at radius 2 is 2.32 bits per heavy atom. The van der Waals surface area contributed by atoms with E-state index in [-0.39, 0.29) is 18.4 Å². The second-order valence-corrected chi connectivity index (χ2v) is 5.30. The van der Waals surface area contributed by atoms with Gasteiger partial charge in [0, 0.05) is 11.6 Å². The number of rotatable bonds is 4. The number of aryl methyl sites for hydroxylation is 1. The number of thiazole rings is 1. The Balaban J connectivity index is 1.95. The standard InChI is InChI=1S/C13H16N4OS/c1-8-3-4-11(15-6-8)17-12(18)5-10-7-19-13(16-10)9(2)14/h3-4,6-7,9H,5,14H2,1-2H3,(H,15,17,18). The van der Waals surface area contributed by atoms with Gasteiger partial charge in [0.1, 0.15) is 10.8 Å². The van der Waals surface area contributed by atoms with E-state index < -0.39 is 0 Å². The van der Waals surface area contributed by atoms with Gasteiger partial charge in [-0.25, -0.2) is 9.97 Å².